The molecule has 0 atom stereocenters. The molecule has 0 radical (unpaired) electrons. The first-order valence-electron chi connectivity index (χ1n) is 8.97. The first kappa shape index (κ1) is 17.3. The van der Waals surface area contributed by atoms with E-state index in [0.717, 1.165) is 18.6 Å². The van der Waals surface area contributed by atoms with Crippen molar-refractivity contribution in [1.29, 1.82) is 0 Å². The molecule has 0 unspecified atom stereocenters. The van der Waals surface area contributed by atoms with Crippen LogP contribution in [0.5, 0.6) is 5.75 Å². The van der Waals surface area contributed by atoms with Crippen molar-refractivity contribution in [2.24, 2.45) is 7.05 Å². The Morgan fingerprint density at radius 3 is 2.63 bits per heavy atom. The van der Waals surface area contributed by atoms with Crippen LogP contribution in [0.1, 0.15) is 21.5 Å². The van der Waals surface area contributed by atoms with E-state index in [9.17, 15) is 9.59 Å². The van der Waals surface area contributed by atoms with Gasteiger partial charge in [0.1, 0.15) is 5.75 Å². The van der Waals surface area contributed by atoms with Gasteiger partial charge >= 0.3 is 0 Å². The average molecular weight is 363 g/mol. The van der Waals surface area contributed by atoms with E-state index in [0.29, 0.717) is 29.6 Å². The molecular weight excluding hydrogens is 342 g/mol. The number of aromatic nitrogens is 2. The highest BCUT2D eigenvalue weighted by atomic mass is 16.5. The van der Waals surface area contributed by atoms with Gasteiger partial charge in [-0.1, -0.05) is 6.07 Å². The Morgan fingerprint density at radius 1 is 1.07 bits per heavy atom. The summed E-state index contributed by atoms with van der Waals surface area (Å²) >= 11 is 0. The number of nitrogens with zero attached hydrogens (tertiary/aromatic N) is 3. The normalized spacial score (nSPS) is 13.9. The van der Waals surface area contributed by atoms with Crippen molar-refractivity contribution < 1.29 is 9.53 Å². The number of hydrogen-bond acceptors (Lipinski definition) is 4. The molecule has 0 saturated heterocycles. The van der Waals surface area contributed by atoms with Crippen LogP contribution < -0.4 is 10.3 Å². The number of hydrogen-bond donors (Lipinski definition) is 0. The highest BCUT2D eigenvalue weighted by Gasteiger charge is 2.20. The second-order valence-electron chi connectivity index (χ2n) is 6.82. The summed E-state index contributed by atoms with van der Waals surface area (Å²) < 4.78 is 6.74. The van der Waals surface area contributed by atoms with Gasteiger partial charge in [-0.15, -0.1) is 0 Å². The summed E-state index contributed by atoms with van der Waals surface area (Å²) in [5.74, 6) is 0.815. The minimum atomic E-state index is -0.113. The fourth-order valence-corrected chi connectivity index (χ4v) is 3.56. The number of rotatable bonds is 2. The molecule has 3 aromatic rings. The quantitative estimate of drug-likeness (QED) is 0.700. The van der Waals surface area contributed by atoms with E-state index in [1.165, 1.54) is 22.0 Å². The van der Waals surface area contributed by atoms with E-state index in [1.807, 2.05) is 11.0 Å². The molecule has 1 aliphatic heterocycles. The van der Waals surface area contributed by atoms with Crippen LogP contribution in [0, 0.1) is 0 Å². The lowest BCUT2D eigenvalue weighted by Crippen LogP contribution is -2.33. The standard InChI is InChI=1S/C21H21N3O3/c1-23-13-22-19-12-16(4-6-18(19)21(23)26)20(25)24-9-7-14-3-5-17(27-2)11-15(14)8-10-24/h3-6,11-13H,7-10H2,1-2H3. The van der Waals surface area contributed by atoms with Crippen LogP contribution in [0.15, 0.2) is 47.5 Å². The Hall–Kier alpha value is -3.15. The Labute approximate surface area is 157 Å². The third-order valence-corrected chi connectivity index (χ3v) is 5.17. The maximum Gasteiger partial charge on any atom is 0.260 e. The first-order chi connectivity index (χ1) is 13.1. The third-order valence-electron chi connectivity index (χ3n) is 5.17. The smallest absolute Gasteiger partial charge is 0.260 e. The van der Waals surface area contributed by atoms with E-state index in [1.54, 1.807) is 32.4 Å². The summed E-state index contributed by atoms with van der Waals surface area (Å²) in [4.78, 5) is 31.3. The van der Waals surface area contributed by atoms with E-state index in [4.69, 9.17) is 4.74 Å². The maximum absolute atomic E-state index is 13.0. The highest BCUT2D eigenvalue weighted by molar-refractivity contribution is 5.97. The Morgan fingerprint density at radius 2 is 1.85 bits per heavy atom. The van der Waals surface area contributed by atoms with Gasteiger partial charge in [-0.25, -0.2) is 4.98 Å². The van der Waals surface area contributed by atoms with E-state index < -0.39 is 0 Å². The number of carbonyl (C=O) groups excluding carboxylic acids is 1. The second kappa shape index (κ2) is 6.87. The van der Waals surface area contributed by atoms with E-state index >= 15 is 0 Å². The number of aryl methyl sites for hydroxylation is 1. The van der Waals surface area contributed by atoms with Crippen molar-refractivity contribution in [1.82, 2.24) is 14.5 Å². The number of fused-ring (bicyclic) bond motifs is 2. The lowest BCUT2D eigenvalue weighted by atomic mass is 10.0. The summed E-state index contributed by atoms with van der Waals surface area (Å²) in [7, 11) is 3.33. The lowest BCUT2D eigenvalue weighted by Gasteiger charge is -2.20. The largest absolute Gasteiger partial charge is 0.497 e. The topological polar surface area (TPSA) is 64.4 Å². The minimum absolute atomic E-state index is 0.0286. The van der Waals surface area contributed by atoms with Crippen LogP contribution in [0.4, 0.5) is 0 Å². The van der Waals surface area contributed by atoms with Crippen molar-refractivity contribution in [3.8, 4) is 5.75 Å². The summed E-state index contributed by atoms with van der Waals surface area (Å²) in [6, 6.07) is 11.2. The number of amides is 1. The van der Waals surface area contributed by atoms with Gasteiger partial charge in [0.15, 0.2) is 0 Å². The molecule has 1 aromatic heterocycles. The molecule has 138 valence electrons. The van der Waals surface area contributed by atoms with Crippen LogP contribution >= 0.6 is 0 Å². The second-order valence-corrected chi connectivity index (χ2v) is 6.82. The van der Waals surface area contributed by atoms with Crippen molar-refractivity contribution in [2.75, 3.05) is 20.2 Å². The predicted octanol–water partition coefficient (Wildman–Crippen LogP) is 2.18. The fourth-order valence-electron chi connectivity index (χ4n) is 3.56. The van der Waals surface area contributed by atoms with Gasteiger partial charge in [0.25, 0.3) is 11.5 Å². The molecule has 1 aliphatic rings. The minimum Gasteiger partial charge on any atom is -0.497 e. The van der Waals surface area contributed by atoms with Gasteiger partial charge in [-0.3, -0.25) is 9.59 Å². The lowest BCUT2D eigenvalue weighted by molar-refractivity contribution is 0.0763. The number of carbonyl (C=O) groups is 1. The summed E-state index contributed by atoms with van der Waals surface area (Å²) in [5.41, 5.74) is 3.49. The van der Waals surface area contributed by atoms with Crippen molar-refractivity contribution in [2.45, 2.75) is 12.8 Å². The molecule has 27 heavy (non-hydrogen) atoms. The first-order valence-corrected chi connectivity index (χ1v) is 8.97. The molecule has 0 N–H and O–H groups in total. The maximum atomic E-state index is 13.0. The van der Waals surface area contributed by atoms with Crippen molar-refractivity contribution >= 4 is 16.8 Å². The van der Waals surface area contributed by atoms with Gasteiger partial charge in [-0.2, -0.15) is 0 Å². The van der Waals surface area contributed by atoms with Gasteiger partial charge in [0.05, 0.1) is 24.3 Å². The van der Waals surface area contributed by atoms with Gasteiger partial charge < -0.3 is 14.2 Å². The molecule has 0 spiro atoms. The van der Waals surface area contributed by atoms with Gasteiger partial charge in [0, 0.05) is 25.7 Å². The Balaban J connectivity index is 1.59. The third kappa shape index (κ3) is 3.18. The number of ether oxygens (including phenoxy) is 1. The van der Waals surface area contributed by atoms with E-state index in [2.05, 4.69) is 17.1 Å². The number of benzene rings is 2. The van der Waals surface area contributed by atoms with E-state index in [-0.39, 0.29) is 11.5 Å². The van der Waals surface area contributed by atoms with Crippen LogP contribution in [0.25, 0.3) is 10.9 Å². The molecule has 1 amide bonds. The number of methoxy groups -OCH3 is 1. The predicted molar refractivity (Wildman–Crippen MR) is 103 cm³/mol. The highest BCUT2D eigenvalue weighted by Crippen LogP contribution is 2.22. The summed E-state index contributed by atoms with van der Waals surface area (Å²) in [6.45, 7) is 1.32. The molecule has 2 heterocycles. The Bertz CT molecular complexity index is 1090. The molecular formula is C21H21N3O3. The molecule has 0 bridgehead atoms. The summed E-state index contributed by atoms with van der Waals surface area (Å²) in [5, 5.41) is 0.520. The fraction of sp³-hybridized carbons (Fsp3) is 0.286. The molecule has 0 fully saturated rings. The molecule has 6 heteroatoms. The molecule has 4 rings (SSSR count). The van der Waals surface area contributed by atoms with Crippen molar-refractivity contribution in [3.05, 3.63) is 69.8 Å². The monoisotopic (exact) mass is 363 g/mol. The molecule has 2 aromatic carbocycles. The zero-order valence-electron chi connectivity index (χ0n) is 15.4. The average Bonchev–Trinajstić information content (AvgIpc) is 2.92. The molecule has 0 saturated carbocycles. The van der Waals surface area contributed by atoms with Crippen LogP contribution in [-0.2, 0) is 19.9 Å². The van der Waals surface area contributed by atoms with Gasteiger partial charge in [-0.05, 0) is 54.3 Å². The SMILES string of the molecule is COc1ccc2c(c1)CCN(C(=O)c1ccc3c(=O)n(C)cnc3c1)CC2. The molecule has 6 nitrogen and oxygen atoms in total. The van der Waals surface area contributed by atoms with Crippen molar-refractivity contribution in [3.63, 3.8) is 0 Å². The molecule has 0 aliphatic carbocycles. The Kier molecular flexibility index (Phi) is 4.39. The zero-order valence-corrected chi connectivity index (χ0v) is 15.4. The zero-order chi connectivity index (χ0) is 19.0. The van der Waals surface area contributed by atoms with Crippen LogP contribution in [0.3, 0.4) is 0 Å². The van der Waals surface area contributed by atoms with Crippen LogP contribution in [-0.4, -0.2) is 40.6 Å². The van der Waals surface area contributed by atoms with Crippen LogP contribution in [0.2, 0.25) is 0 Å². The summed E-state index contributed by atoms with van der Waals surface area (Å²) in [6.07, 6.45) is 3.09. The van der Waals surface area contributed by atoms with Gasteiger partial charge in [0.2, 0.25) is 0 Å².